The van der Waals surface area contributed by atoms with Crippen LogP contribution in [0.2, 0.25) is 0 Å². The van der Waals surface area contributed by atoms with E-state index in [0.29, 0.717) is 45.7 Å². The second-order valence-corrected chi connectivity index (χ2v) is 5.27. The Labute approximate surface area is 123 Å². The monoisotopic (exact) mass is 289 g/mol. The smallest absolute Gasteiger partial charge is 0.0704 e. The number of hydrogen-bond donors (Lipinski definition) is 1. The molecule has 0 bridgehead atoms. The highest BCUT2D eigenvalue weighted by Gasteiger charge is 2.19. The molecular weight excluding hydrogens is 258 g/mol. The van der Waals surface area contributed by atoms with Gasteiger partial charge in [-0.2, -0.15) is 0 Å². The zero-order valence-electron chi connectivity index (χ0n) is 13.1. The van der Waals surface area contributed by atoms with Crippen molar-refractivity contribution in [2.45, 2.75) is 44.8 Å². The molecule has 1 aliphatic rings. The lowest BCUT2D eigenvalue weighted by Gasteiger charge is -2.13. The number of rotatable bonds is 15. The first-order valence-electron chi connectivity index (χ1n) is 7.82. The molecule has 0 aromatic heterocycles. The van der Waals surface area contributed by atoms with Crippen molar-refractivity contribution in [1.29, 1.82) is 0 Å². The molecule has 1 atom stereocenters. The molecule has 5 heteroatoms. The number of nitrogens with one attached hydrogen (secondary N) is 1. The Balaban J connectivity index is 1.71. The van der Waals surface area contributed by atoms with Gasteiger partial charge in [-0.15, -0.1) is 0 Å². The van der Waals surface area contributed by atoms with E-state index >= 15 is 0 Å². The maximum absolute atomic E-state index is 5.70. The van der Waals surface area contributed by atoms with Gasteiger partial charge < -0.3 is 24.3 Å². The maximum Gasteiger partial charge on any atom is 0.0704 e. The minimum Gasteiger partial charge on any atom is -0.382 e. The molecule has 20 heavy (non-hydrogen) atoms. The van der Waals surface area contributed by atoms with E-state index in [1.807, 2.05) is 0 Å². The third-order valence-corrected chi connectivity index (χ3v) is 3.23. The van der Waals surface area contributed by atoms with Crippen LogP contribution in [0.3, 0.4) is 0 Å². The first kappa shape index (κ1) is 17.9. The van der Waals surface area contributed by atoms with E-state index in [0.717, 1.165) is 19.0 Å². The molecule has 0 amide bonds. The average molecular weight is 289 g/mol. The van der Waals surface area contributed by atoms with Crippen molar-refractivity contribution in [3.05, 3.63) is 0 Å². The van der Waals surface area contributed by atoms with Gasteiger partial charge in [0, 0.05) is 13.2 Å². The van der Waals surface area contributed by atoms with E-state index in [-0.39, 0.29) is 0 Å². The van der Waals surface area contributed by atoms with Gasteiger partial charge >= 0.3 is 0 Å². The van der Waals surface area contributed by atoms with Crippen LogP contribution in [-0.4, -0.2) is 65.4 Å². The molecule has 1 unspecified atom stereocenters. The van der Waals surface area contributed by atoms with Crippen molar-refractivity contribution >= 4 is 0 Å². The normalized spacial score (nSPS) is 16.5. The molecule has 0 aliphatic heterocycles. The second-order valence-electron chi connectivity index (χ2n) is 5.27. The van der Waals surface area contributed by atoms with Crippen LogP contribution in [0.25, 0.3) is 0 Å². The largest absolute Gasteiger partial charge is 0.382 e. The highest BCUT2D eigenvalue weighted by molar-refractivity contribution is 4.80. The highest BCUT2D eigenvalue weighted by Crippen LogP contribution is 2.18. The fourth-order valence-corrected chi connectivity index (χ4v) is 1.84. The lowest BCUT2D eigenvalue weighted by molar-refractivity contribution is -0.0139. The Morgan fingerprint density at radius 2 is 1.65 bits per heavy atom. The minimum absolute atomic E-state index is 0.317. The van der Waals surface area contributed by atoms with E-state index in [1.165, 1.54) is 19.3 Å². The molecule has 0 heterocycles. The van der Waals surface area contributed by atoms with Gasteiger partial charge in [-0.25, -0.2) is 0 Å². The summed E-state index contributed by atoms with van der Waals surface area (Å²) in [5.41, 5.74) is 0. The molecule has 0 aromatic carbocycles. The van der Waals surface area contributed by atoms with Crippen LogP contribution >= 0.6 is 0 Å². The van der Waals surface area contributed by atoms with Crippen molar-refractivity contribution in [3.63, 3.8) is 0 Å². The highest BCUT2D eigenvalue weighted by atomic mass is 16.6. The van der Waals surface area contributed by atoms with Crippen LogP contribution < -0.4 is 5.32 Å². The molecule has 0 saturated heterocycles. The molecular formula is C15H31NO4. The van der Waals surface area contributed by atoms with Gasteiger partial charge in [-0.3, -0.25) is 0 Å². The van der Waals surface area contributed by atoms with E-state index in [1.54, 1.807) is 7.11 Å². The lowest BCUT2D eigenvalue weighted by atomic mass is 10.2. The summed E-state index contributed by atoms with van der Waals surface area (Å²) in [6, 6.07) is 0.811. The molecule has 0 radical (unpaired) electrons. The SMILES string of the molecule is COCCOCCOCCOC(C)CCCNC1CC1. The third kappa shape index (κ3) is 11.6. The quantitative estimate of drug-likeness (QED) is 0.464. The summed E-state index contributed by atoms with van der Waals surface area (Å²) in [4.78, 5) is 0. The summed E-state index contributed by atoms with van der Waals surface area (Å²) < 4.78 is 21.3. The summed E-state index contributed by atoms with van der Waals surface area (Å²) in [5, 5.41) is 3.51. The Hall–Kier alpha value is -0.200. The predicted molar refractivity (Wildman–Crippen MR) is 79.2 cm³/mol. The number of ether oxygens (including phenoxy) is 4. The first-order valence-corrected chi connectivity index (χ1v) is 7.82. The Bertz CT molecular complexity index is 212. The fraction of sp³-hybridized carbons (Fsp3) is 1.00. The summed E-state index contributed by atoms with van der Waals surface area (Å²) in [5.74, 6) is 0. The van der Waals surface area contributed by atoms with Gasteiger partial charge in [0.25, 0.3) is 0 Å². The van der Waals surface area contributed by atoms with Gasteiger partial charge in [0.2, 0.25) is 0 Å². The number of methoxy groups -OCH3 is 1. The van der Waals surface area contributed by atoms with Crippen LogP contribution in [-0.2, 0) is 18.9 Å². The predicted octanol–water partition coefficient (Wildman–Crippen LogP) is 1.60. The van der Waals surface area contributed by atoms with E-state index in [2.05, 4.69) is 12.2 Å². The van der Waals surface area contributed by atoms with Crippen LogP contribution in [0.1, 0.15) is 32.6 Å². The molecule has 0 aromatic rings. The zero-order chi connectivity index (χ0) is 14.5. The van der Waals surface area contributed by atoms with Gasteiger partial charge in [0.1, 0.15) is 0 Å². The summed E-state index contributed by atoms with van der Waals surface area (Å²) >= 11 is 0. The van der Waals surface area contributed by atoms with Crippen molar-refractivity contribution in [1.82, 2.24) is 5.32 Å². The van der Waals surface area contributed by atoms with E-state index in [9.17, 15) is 0 Å². The molecule has 0 spiro atoms. The van der Waals surface area contributed by atoms with Crippen LogP contribution in [0, 0.1) is 0 Å². The third-order valence-electron chi connectivity index (χ3n) is 3.23. The zero-order valence-corrected chi connectivity index (χ0v) is 13.1. The fourth-order valence-electron chi connectivity index (χ4n) is 1.84. The van der Waals surface area contributed by atoms with Gasteiger partial charge in [0.15, 0.2) is 0 Å². The van der Waals surface area contributed by atoms with Crippen LogP contribution in [0.15, 0.2) is 0 Å². The summed E-state index contributed by atoms with van der Waals surface area (Å²) in [7, 11) is 1.67. The molecule has 1 rings (SSSR count). The van der Waals surface area contributed by atoms with Crippen molar-refractivity contribution < 1.29 is 18.9 Å². The average Bonchev–Trinajstić information content (AvgIpc) is 3.26. The van der Waals surface area contributed by atoms with E-state index < -0.39 is 0 Å². The number of hydrogen-bond acceptors (Lipinski definition) is 5. The standard InChI is InChI=1S/C15H31NO4/c1-14(4-3-7-16-15-5-6-15)20-13-12-19-11-10-18-9-8-17-2/h14-16H,3-13H2,1-2H3. The van der Waals surface area contributed by atoms with Crippen molar-refractivity contribution in [2.75, 3.05) is 53.3 Å². The summed E-state index contributed by atoms with van der Waals surface area (Å²) in [6.07, 6.45) is 5.33. The second kappa shape index (κ2) is 12.5. The molecule has 1 N–H and O–H groups in total. The van der Waals surface area contributed by atoms with Gasteiger partial charge in [-0.1, -0.05) is 0 Å². The maximum atomic E-state index is 5.70. The van der Waals surface area contributed by atoms with E-state index in [4.69, 9.17) is 18.9 Å². The van der Waals surface area contributed by atoms with Crippen molar-refractivity contribution in [2.24, 2.45) is 0 Å². The molecule has 1 saturated carbocycles. The molecule has 1 aliphatic carbocycles. The molecule has 5 nitrogen and oxygen atoms in total. The first-order chi connectivity index (χ1) is 9.83. The Morgan fingerprint density at radius 3 is 2.30 bits per heavy atom. The van der Waals surface area contributed by atoms with Crippen molar-refractivity contribution in [3.8, 4) is 0 Å². The minimum atomic E-state index is 0.317. The lowest BCUT2D eigenvalue weighted by Crippen LogP contribution is -2.20. The Kier molecular flexibility index (Phi) is 11.2. The molecule has 1 fully saturated rings. The van der Waals surface area contributed by atoms with Gasteiger partial charge in [-0.05, 0) is 39.2 Å². The van der Waals surface area contributed by atoms with Gasteiger partial charge in [0.05, 0.1) is 45.7 Å². The Morgan fingerprint density at radius 1 is 1.00 bits per heavy atom. The molecule has 120 valence electrons. The van der Waals surface area contributed by atoms with Crippen LogP contribution in [0.5, 0.6) is 0 Å². The summed E-state index contributed by atoms with van der Waals surface area (Å²) in [6.45, 7) is 7.04. The van der Waals surface area contributed by atoms with Crippen LogP contribution in [0.4, 0.5) is 0 Å². The topological polar surface area (TPSA) is 49.0 Å².